The molecule has 8 nitrogen and oxygen atoms in total. The largest absolute Gasteiger partial charge is 0.465 e. The molecule has 0 aliphatic heterocycles. The highest BCUT2D eigenvalue weighted by atomic mass is 16.6. The third-order valence-corrected chi connectivity index (χ3v) is 3.28. The molecule has 0 aromatic heterocycles. The number of hydrogen-bond donors (Lipinski definition) is 1. The Balaban J connectivity index is 2.99. The fourth-order valence-electron chi connectivity index (χ4n) is 2.42. The number of esters is 1. The summed E-state index contributed by atoms with van der Waals surface area (Å²) >= 11 is 0. The Bertz CT molecular complexity index is 641. The summed E-state index contributed by atoms with van der Waals surface area (Å²) in [6, 6.07) is 3.51. The molecule has 0 saturated heterocycles. The first-order valence-electron chi connectivity index (χ1n) is 7.36. The smallest absolute Gasteiger partial charge is 0.338 e. The molecule has 24 heavy (non-hydrogen) atoms. The lowest BCUT2D eigenvalue weighted by molar-refractivity contribution is -0.384. The van der Waals surface area contributed by atoms with Gasteiger partial charge in [0.25, 0.3) is 11.6 Å². The van der Waals surface area contributed by atoms with Crippen LogP contribution in [0.25, 0.3) is 0 Å². The lowest BCUT2D eigenvalue weighted by Gasteiger charge is -2.28. The van der Waals surface area contributed by atoms with Crippen LogP contribution in [-0.2, 0) is 4.74 Å². The average molecular weight is 337 g/mol. The predicted molar refractivity (Wildman–Crippen MR) is 89.1 cm³/mol. The van der Waals surface area contributed by atoms with Gasteiger partial charge in [0.15, 0.2) is 0 Å². The molecule has 1 N–H and O–H groups in total. The number of hydrogen-bond acceptors (Lipinski definition) is 6. The van der Waals surface area contributed by atoms with Crippen LogP contribution < -0.4 is 5.32 Å². The summed E-state index contributed by atoms with van der Waals surface area (Å²) in [5.74, 6) is -1.21. The predicted octanol–water partition coefficient (Wildman–Crippen LogP) is 1.70. The number of nitro benzene ring substituents is 1. The number of carbonyl (C=O) groups excluding carboxylic acids is 2. The van der Waals surface area contributed by atoms with Crippen LogP contribution in [0.2, 0.25) is 0 Å². The first-order chi connectivity index (χ1) is 11.1. The zero-order valence-electron chi connectivity index (χ0n) is 14.6. The number of non-ortho nitro benzene ring substituents is 1. The number of methoxy groups -OCH3 is 1. The van der Waals surface area contributed by atoms with Gasteiger partial charge in [0.05, 0.1) is 17.6 Å². The highest BCUT2D eigenvalue weighted by Gasteiger charge is 2.22. The van der Waals surface area contributed by atoms with Crippen molar-refractivity contribution in [3.05, 3.63) is 39.4 Å². The van der Waals surface area contributed by atoms with E-state index >= 15 is 0 Å². The highest BCUT2D eigenvalue weighted by Crippen LogP contribution is 2.19. The Morgan fingerprint density at radius 2 is 1.83 bits per heavy atom. The van der Waals surface area contributed by atoms with Gasteiger partial charge in [-0.05, 0) is 25.6 Å². The first-order valence-corrected chi connectivity index (χ1v) is 7.36. The van der Waals surface area contributed by atoms with Crippen molar-refractivity contribution in [2.24, 2.45) is 5.41 Å². The van der Waals surface area contributed by atoms with E-state index in [-0.39, 0.29) is 22.2 Å². The number of nitrogens with zero attached hydrogens (tertiary/aromatic N) is 2. The molecule has 0 spiro atoms. The minimum atomic E-state index is -0.735. The maximum atomic E-state index is 12.3. The van der Waals surface area contributed by atoms with E-state index in [0.717, 1.165) is 18.7 Å². The summed E-state index contributed by atoms with van der Waals surface area (Å²) in [6.07, 6.45) is 0. The Morgan fingerprint density at radius 1 is 1.25 bits per heavy atom. The van der Waals surface area contributed by atoms with E-state index in [1.165, 1.54) is 13.2 Å². The summed E-state index contributed by atoms with van der Waals surface area (Å²) in [6.45, 7) is 5.15. The number of nitro groups is 1. The fraction of sp³-hybridized carbons (Fsp3) is 0.500. The van der Waals surface area contributed by atoms with Gasteiger partial charge in [-0.25, -0.2) is 4.79 Å². The standard InChI is InChI=1S/C16H23N3O5/c1-16(2,10-18(3)4)9-17-14(20)11-6-12(15(21)24-5)8-13(7-11)19(22)23/h6-8H,9-10H2,1-5H3,(H,17,20). The molecule has 1 rings (SSSR count). The van der Waals surface area contributed by atoms with Crippen LogP contribution in [0.1, 0.15) is 34.6 Å². The van der Waals surface area contributed by atoms with Gasteiger partial charge in [-0.1, -0.05) is 13.8 Å². The van der Waals surface area contributed by atoms with E-state index in [9.17, 15) is 19.7 Å². The Hall–Kier alpha value is -2.48. The zero-order valence-corrected chi connectivity index (χ0v) is 14.6. The number of nitrogens with one attached hydrogen (secondary N) is 1. The van der Waals surface area contributed by atoms with Crippen molar-refractivity contribution >= 4 is 17.6 Å². The topological polar surface area (TPSA) is 102 Å². The number of benzene rings is 1. The van der Waals surface area contributed by atoms with Crippen molar-refractivity contribution < 1.29 is 19.2 Å². The van der Waals surface area contributed by atoms with Crippen LogP contribution in [0, 0.1) is 15.5 Å². The summed E-state index contributed by atoms with van der Waals surface area (Å²) in [5.41, 5.74) is -0.504. The highest BCUT2D eigenvalue weighted by molar-refractivity contribution is 5.98. The van der Waals surface area contributed by atoms with Crippen molar-refractivity contribution in [3.8, 4) is 0 Å². The van der Waals surface area contributed by atoms with E-state index in [4.69, 9.17) is 0 Å². The second-order valence-corrected chi connectivity index (χ2v) is 6.60. The van der Waals surface area contributed by atoms with Gasteiger partial charge < -0.3 is 15.0 Å². The van der Waals surface area contributed by atoms with Gasteiger partial charge in [0.1, 0.15) is 0 Å². The lowest BCUT2D eigenvalue weighted by Crippen LogP contribution is -2.40. The molecule has 0 aliphatic rings. The molecule has 0 bridgehead atoms. The van der Waals surface area contributed by atoms with Crippen molar-refractivity contribution in [3.63, 3.8) is 0 Å². The second-order valence-electron chi connectivity index (χ2n) is 6.60. The number of amides is 1. The second kappa shape index (κ2) is 7.87. The number of ether oxygens (including phenoxy) is 1. The van der Waals surface area contributed by atoms with Crippen LogP contribution in [0.5, 0.6) is 0 Å². The van der Waals surface area contributed by atoms with Crippen molar-refractivity contribution in [1.82, 2.24) is 10.2 Å². The maximum Gasteiger partial charge on any atom is 0.338 e. The molecular weight excluding hydrogens is 314 g/mol. The van der Waals surface area contributed by atoms with E-state index in [1.54, 1.807) is 0 Å². The van der Waals surface area contributed by atoms with Crippen LogP contribution in [0.15, 0.2) is 18.2 Å². The molecule has 1 aromatic carbocycles. The summed E-state index contributed by atoms with van der Waals surface area (Å²) < 4.78 is 4.56. The Labute approximate surface area is 140 Å². The summed E-state index contributed by atoms with van der Waals surface area (Å²) in [5, 5.41) is 13.7. The summed E-state index contributed by atoms with van der Waals surface area (Å²) in [4.78, 5) is 36.3. The Kier molecular flexibility index (Phi) is 6.42. The molecule has 0 radical (unpaired) electrons. The van der Waals surface area contributed by atoms with Gasteiger partial charge in [-0.2, -0.15) is 0 Å². The molecule has 0 aliphatic carbocycles. The molecule has 0 atom stereocenters. The average Bonchev–Trinajstić information content (AvgIpc) is 2.50. The maximum absolute atomic E-state index is 12.3. The Morgan fingerprint density at radius 3 is 2.33 bits per heavy atom. The van der Waals surface area contributed by atoms with Gasteiger partial charge in [0, 0.05) is 30.8 Å². The van der Waals surface area contributed by atoms with Crippen LogP contribution in [0.4, 0.5) is 5.69 Å². The van der Waals surface area contributed by atoms with Crippen LogP contribution in [0.3, 0.4) is 0 Å². The molecule has 8 heteroatoms. The van der Waals surface area contributed by atoms with Crippen molar-refractivity contribution in [1.29, 1.82) is 0 Å². The monoisotopic (exact) mass is 337 g/mol. The SMILES string of the molecule is COC(=O)c1cc(C(=O)NCC(C)(C)CN(C)C)cc([N+](=O)[O-])c1. The lowest BCUT2D eigenvalue weighted by atomic mass is 9.93. The normalized spacial score (nSPS) is 11.2. The van der Waals surface area contributed by atoms with Gasteiger partial charge in [-0.3, -0.25) is 14.9 Å². The third-order valence-electron chi connectivity index (χ3n) is 3.28. The van der Waals surface area contributed by atoms with E-state index in [1.807, 2.05) is 32.8 Å². The zero-order chi connectivity index (χ0) is 18.5. The molecular formula is C16H23N3O5. The van der Waals surface area contributed by atoms with E-state index in [2.05, 4.69) is 10.1 Å². The fourth-order valence-corrected chi connectivity index (χ4v) is 2.42. The molecule has 0 unspecified atom stereocenters. The van der Waals surface area contributed by atoms with E-state index < -0.39 is 16.8 Å². The van der Waals surface area contributed by atoms with Gasteiger partial charge in [-0.15, -0.1) is 0 Å². The molecule has 0 saturated carbocycles. The molecule has 1 aromatic rings. The third kappa shape index (κ3) is 5.62. The van der Waals surface area contributed by atoms with Crippen LogP contribution >= 0.6 is 0 Å². The molecule has 0 heterocycles. The minimum absolute atomic E-state index is 0.0376. The van der Waals surface area contributed by atoms with Crippen molar-refractivity contribution in [2.75, 3.05) is 34.3 Å². The quantitative estimate of drug-likeness (QED) is 0.461. The molecule has 1 amide bonds. The first kappa shape index (κ1) is 19.6. The number of carbonyl (C=O) groups is 2. The number of rotatable bonds is 7. The van der Waals surface area contributed by atoms with Crippen LogP contribution in [-0.4, -0.2) is 56.0 Å². The summed E-state index contributed by atoms with van der Waals surface area (Å²) in [7, 11) is 5.05. The van der Waals surface area contributed by atoms with E-state index in [0.29, 0.717) is 6.54 Å². The minimum Gasteiger partial charge on any atom is -0.465 e. The van der Waals surface area contributed by atoms with Gasteiger partial charge >= 0.3 is 5.97 Å². The van der Waals surface area contributed by atoms with Crippen molar-refractivity contribution in [2.45, 2.75) is 13.8 Å². The molecule has 132 valence electrons. The molecule has 0 fully saturated rings. The van der Waals surface area contributed by atoms with Gasteiger partial charge in [0.2, 0.25) is 0 Å².